The van der Waals surface area contributed by atoms with Crippen molar-refractivity contribution >= 4 is 17.7 Å². The van der Waals surface area contributed by atoms with Crippen molar-refractivity contribution in [2.24, 2.45) is 0 Å². The van der Waals surface area contributed by atoms with E-state index < -0.39 is 5.97 Å². The molecule has 1 aromatic carbocycles. The molecule has 1 aliphatic heterocycles. The number of hydrogen-bond donors (Lipinski definition) is 2. The number of amides is 2. The molecule has 0 aliphatic carbocycles. The monoisotopic (exact) mass is 276 g/mol. The van der Waals surface area contributed by atoms with Crippen LogP contribution in [0.1, 0.15) is 31.7 Å². The van der Waals surface area contributed by atoms with Gasteiger partial charge in [0.15, 0.2) is 0 Å². The first-order valence-electron chi connectivity index (χ1n) is 6.99. The van der Waals surface area contributed by atoms with Crippen molar-refractivity contribution in [1.29, 1.82) is 0 Å². The number of carboxylic acids is 1. The molecule has 0 spiro atoms. The van der Waals surface area contributed by atoms with Crippen LogP contribution in [-0.2, 0) is 11.2 Å². The summed E-state index contributed by atoms with van der Waals surface area (Å²) in [5.74, 6) is -0.884. The van der Waals surface area contributed by atoms with E-state index in [1.54, 1.807) is 4.90 Å². The zero-order chi connectivity index (χ0) is 14.5. The van der Waals surface area contributed by atoms with E-state index in [1.165, 1.54) is 0 Å². The minimum atomic E-state index is -0.884. The lowest BCUT2D eigenvalue weighted by atomic mass is 10.1. The van der Waals surface area contributed by atoms with E-state index in [-0.39, 0.29) is 18.5 Å². The smallest absolute Gasteiger partial charge is 0.322 e. The first-order chi connectivity index (χ1) is 9.61. The maximum Gasteiger partial charge on any atom is 0.322 e. The molecule has 0 aromatic heterocycles. The Bertz CT molecular complexity index is 502. The molecular weight excluding hydrogens is 256 g/mol. The molecule has 0 saturated carbocycles. The van der Waals surface area contributed by atoms with Crippen LogP contribution < -0.4 is 10.2 Å². The van der Waals surface area contributed by atoms with Crippen molar-refractivity contribution in [1.82, 2.24) is 5.32 Å². The first kappa shape index (κ1) is 14.4. The number of nitrogens with zero attached hydrogens (tertiary/aromatic N) is 1. The third kappa shape index (κ3) is 3.29. The molecule has 0 radical (unpaired) electrons. The van der Waals surface area contributed by atoms with Crippen LogP contribution >= 0.6 is 0 Å². The predicted octanol–water partition coefficient (Wildman–Crippen LogP) is 2.40. The van der Waals surface area contributed by atoms with E-state index in [1.807, 2.05) is 31.2 Å². The van der Waals surface area contributed by atoms with Gasteiger partial charge in [-0.05, 0) is 24.5 Å². The molecule has 1 unspecified atom stereocenters. The van der Waals surface area contributed by atoms with Crippen LogP contribution in [0, 0.1) is 0 Å². The number of urea groups is 1. The maximum atomic E-state index is 12.3. The van der Waals surface area contributed by atoms with Gasteiger partial charge in [-0.1, -0.05) is 31.5 Å². The molecule has 5 heteroatoms. The average molecular weight is 276 g/mol. The number of para-hydroxylation sites is 1. The van der Waals surface area contributed by atoms with E-state index in [0.717, 1.165) is 24.1 Å². The van der Waals surface area contributed by atoms with E-state index in [9.17, 15) is 9.59 Å². The molecule has 0 saturated heterocycles. The van der Waals surface area contributed by atoms with Gasteiger partial charge in [-0.3, -0.25) is 9.69 Å². The summed E-state index contributed by atoms with van der Waals surface area (Å²) in [7, 11) is 0. The molecule has 20 heavy (non-hydrogen) atoms. The summed E-state index contributed by atoms with van der Waals surface area (Å²) in [5, 5.41) is 11.7. The van der Waals surface area contributed by atoms with Gasteiger partial charge in [0.25, 0.3) is 0 Å². The number of anilines is 1. The van der Waals surface area contributed by atoms with Crippen LogP contribution in [0.4, 0.5) is 10.5 Å². The molecule has 0 fully saturated rings. The Hall–Kier alpha value is -2.04. The lowest BCUT2D eigenvalue weighted by Crippen LogP contribution is -2.45. The van der Waals surface area contributed by atoms with Gasteiger partial charge in [0.05, 0.1) is 6.42 Å². The maximum absolute atomic E-state index is 12.3. The Balaban J connectivity index is 2.03. The predicted molar refractivity (Wildman–Crippen MR) is 77.0 cm³/mol. The van der Waals surface area contributed by atoms with Crippen LogP contribution in [0.3, 0.4) is 0 Å². The number of fused-ring (bicyclic) bond motifs is 1. The first-order valence-corrected chi connectivity index (χ1v) is 6.99. The normalized spacial score (nSPS) is 14.8. The van der Waals surface area contributed by atoms with E-state index in [4.69, 9.17) is 5.11 Å². The third-order valence-corrected chi connectivity index (χ3v) is 3.52. The summed E-state index contributed by atoms with van der Waals surface area (Å²) in [6.07, 6.45) is 2.33. The minimum absolute atomic E-state index is 0.0327. The van der Waals surface area contributed by atoms with Gasteiger partial charge < -0.3 is 10.4 Å². The third-order valence-electron chi connectivity index (χ3n) is 3.52. The molecule has 0 bridgehead atoms. The molecule has 2 N–H and O–H groups in total. The summed E-state index contributed by atoms with van der Waals surface area (Å²) in [4.78, 5) is 24.8. The highest BCUT2D eigenvalue weighted by Gasteiger charge is 2.26. The van der Waals surface area contributed by atoms with Crippen LogP contribution in [0.5, 0.6) is 0 Å². The Labute approximate surface area is 118 Å². The second kappa shape index (κ2) is 6.41. The zero-order valence-electron chi connectivity index (χ0n) is 11.6. The van der Waals surface area contributed by atoms with Gasteiger partial charge >= 0.3 is 12.0 Å². The molecule has 2 amide bonds. The molecule has 1 atom stereocenters. The molecule has 1 heterocycles. The standard InChI is InChI=1S/C15H20N2O3/c1-2-5-12(10-14(18)19)16-15(20)17-9-8-11-6-3-4-7-13(11)17/h3-4,6-7,12H,2,5,8-10H2,1H3,(H,16,20)(H,18,19). The van der Waals surface area contributed by atoms with Crippen LogP contribution in [0.2, 0.25) is 0 Å². The number of benzene rings is 1. The summed E-state index contributed by atoms with van der Waals surface area (Å²) >= 11 is 0. The van der Waals surface area contributed by atoms with Gasteiger partial charge in [0.1, 0.15) is 0 Å². The topological polar surface area (TPSA) is 69.6 Å². The van der Waals surface area contributed by atoms with Gasteiger partial charge in [-0.15, -0.1) is 0 Å². The number of nitrogens with one attached hydrogen (secondary N) is 1. The van der Waals surface area contributed by atoms with Gasteiger partial charge in [-0.25, -0.2) is 4.79 Å². The van der Waals surface area contributed by atoms with Crippen molar-refractivity contribution in [2.45, 2.75) is 38.6 Å². The molecule has 1 aromatic rings. The number of hydrogen-bond acceptors (Lipinski definition) is 2. The summed E-state index contributed by atoms with van der Waals surface area (Å²) in [5.41, 5.74) is 2.09. The van der Waals surface area contributed by atoms with Crippen LogP contribution in [-0.4, -0.2) is 29.7 Å². The van der Waals surface area contributed by atoms with Crippen molar-refractivity contribution in [3.8, 4) is 0 Å². The van der Waals surface area contributed by atoms with Crippen LogP contribution in [0.25, 0.3) is 0 Å². The number of carbonyl (C=O) groups is 2. The second-order valence-electron chi connectivity index (χ2n) is 5.06. The summed E-state index contributed by atoms with van der Waals surface area (Å²) < 4.78 is 0. The lowest BCUT2D eigenvalue weighted by Gasteiger charge is -2.22. The molecule has 2 rings (SSSR count). The quantitative estimate of drug-likeness (QED) is 0.867. The summed E-state index contributed by atoms with van der Waals surface area (Å²) in [6, 6.07) is 7.31. The van der Waals surface area contributed by atoms with Gasteiger partial charge in [0.2, 0.25) is 0 Å². The Morgan fingerprint density at radius 2 is 2.15 bits per heavy atom. The van der Waals surface area contributed by atoms with E-state index in [0.29, 0.717) is 13.0 Å². The largest absolute Gasteiger partial charge is 0.481 e. The number of carboxylic acid groups (broad SMARTS) is 1. The molecule has 1 aliphatic rings. The van der Waals surface area contributed by atoms with Crippen molar-refractivity contribution in [2.75, 3.05) is 11.4 Å². The molecule has 108 valence electrons. The summed E-state index contributed by atoms with van der Waals surface area (Å²) in [6.45, 7) is 2.63. The number of rotatable bonds is 5. The van der Waals surface area contributed by atoms with Gasteiger partial charge in [-0.2, -0.15) is 0 Å². The van der Waals surface area contributed by atoms with Crippen molar-refractivity contribution in [3.05, 3.63) is 29.8 Å². The fourth-order valence-electron chi connectivity index (χ4n) is 2.59. The number of carbonyl (C=O) groups excluding carboxylic acids is 1. The lowest BCUT2D eigenvalue weighted by molar-refractivity contribution is -0.137. The highest BCUT2D eigenvalue weighted by Crippen LogP contribution is 2.27. The van der Waals surface area contributed by atoms with Crippen LogP contribution in [0.15, 0.2) is 24.3 Å². The van der Waals surface area contributed by atoms with E-state index in [2.05, 4.69) is 5.32 Å². The second-order valence-corrected chi connectivity index (χ2v) is 5.06. The van der Waals surface area contributed by atoms with E-state index >= 15 is 0 Å². The van der Waals surface area contributed by atoms with Crippen molar-refractivity contribution in [3.63, 3.8) is 0 Å². The van der Waals surface area contributed by atoms with Crippen molar-refractivity contribution < 1.29 is 14.7 Å². The molecular formula is C15H20N2O3. The molecule has 5 nitrogen and oxygen atoms in total. The Kier molecular flexibility index (Phi) is 4.61. The highest BCUT2D eigenvalue weighted by molar-refractivity contribution is 5.94. The van der Waals surface area contributed by atoms with Gasteiger partial charge in [0, 0.05) is 18.3 Å². The zero-order valence-corrected chi connectivity index (χ0v) is 11.6. The number of aliphatic carboxylic acids is 1. The highest BCUT2D eigenvalue weighted by atomic mass is 16.4. The average Bonchev–Trinajstić information content (AvgIpc) is 2.82. The fourth-order valence-corrected chi connectivity index (χ4v) is 2.59. The fraction of sp³-hybridized carbons (Fsp3) is 0.467. The Morgan fingerprint density at radius 3 is 2.85 bits per heavy atom. The SMILES string of the molecule is CCCC(CC(=O)O)NC(=O)N1CCc2ccccc21. The minimum Gasteiger partial charge on any atom is -0.481 e. The Morgan fingerprint density at radius 1 is 1.40 bits per heavy atom.